The van der Waals surface area contributed by atoms with E-state index in [1.807, 2.05) is 24.3 Å². The highest BCUT2D eigenvalue weighted by atomic mass is 32.1. The molecule has 2 fully saturated rings. The third-order valence-corrected chi connectivity index (χ3v) is 6.50. The standard InChI is InChI=1S/C17H23N5O2S/c1-3-24-13-9-12(17(13)5-4-6-17)22(2)16(23)20-11-10-19-21-14(11)15-18-7-8-25-15/h7-8,10,12-13H,3-6,9H2,1-2H3,(H,19,21)(H,20,23). The quantitative estimate of drug-likeness (QED) is 0.855. The SMILES string of the molecule is CCOC1CC(N(C)C(=O)Nc2cn[nH]c2-c2nccs2)C12CCC2. The molecule has 2 unspecified atom stereocenters. The van der Waals surface area contributed by atoms with E-state index in [1.165, 1.54) is 17.8 Å². The van der Waals surface area contributed by atoms with E-state index in [-0.39, 0.29) is 17.5 Å². The number of nitrogens with one attached hydrogen (secondary N) is 2. The summed E-state index contributed by atoms with van der Waals surface area (Å²) in [5.41, 5.74) is 1.57. The van der Waals surface area contributed by atoms with Gasteiger partial charge in [-0.15, -0.1) is 11.3 Å². The molecule has 0 bridgehead atoms. The second-order valence-electron chi connectivity index (χ2n) is 6.82. The molecule has 2 aromatic heterocycles. The van der Waals surface area contributed by atoms with Gasteiger partial charge in [0.05, 0.1) is 18.0 Å². The highest BCUT2D eigenvalue weighted by molar-refractivity contribution is 7.13. The molecule has 2 saturated carbocycles. The number of rotatable bonds is 5. The number of ether oxygens (including phenoxy) is 1. The minimum absolute atomic E-state index is 0.106. The van der Waals surface area contributed by atoms with E-state index >= 15 is 0 Å². The van der Waals surface area contributed by atoms with E-state index in [1.54, 1.807) is 12.4 Å². The maximum atomic E-state index is 12.8. The van der Waals surface area contributed by atoms with Crippen molar-refractivity contribution in [3.05, 3.63) is 17.8 Å². The molecule has 2 aliphatic carbocycles. The number of urea groups is 1. The minimum atomic E-state index is -0.106. The van der Waals surface area contributed by atoms with Crippen LogP contribution in [0.3, 0.4) is 0 Å². The summed E-state index contributed by atoms with van der Waals surface area (Å²) >= 11 is 1.51. The average molecular weight is 361 g/mol. The molecule has 2 heterocycles. The fraction of sp³-hybridized carbons (Fsp3) is 0.588. The van der Waals surface area contributed by atoms with Crippen molar-refractivity contribution >= 4 is 23.1 Å². The van der Waals surface area contributed by atoms with Crippen LogP contribution in [0.15, 0.2) is 17.8 Å². The summed E-state index contributed by atoms with van der Waals surface area (Å²) in [6, 6.07) is 0.137. The number of aromatic nitrogens is 3. The van der Waals surface area contributed by atoms with E-state index < -0.39 is 0 Å². The first-order valence-corrected chi connectivity index (χ1v) is 9.62. The van der Waals surface area contributed by atoms with E-state index in [2.05, 4.69) is 20.5 Å². The zero-order chi connectivity index (χ0) is 17.4. The van der Waals surface area contributed by atoms with E-state index in [4.69, 9.17) is 4.74 Å². The smallest absolute Gasteiger partial charge is 0.321 e. The van der Waals surface area contributed by atoms with Crippen molar-refractivity contribution in [2.45, 2.75) is 44.8 Å². The van der Waals surface area contributed by atoms with Gasteiger partial charge in [-0.3, -0.25) is 5.10 Å². The molecule has 134 valence electrons. The first-order chi connectivity index (χ1) is 12.2. The van der Waals surface area contributed by atoms with Gasteiger partial charge in [0.2, 0.25) is 0 Å². The Balaban J connectivity index is 1.45. The summed E-state index contributed by atoms with van der Waals surface area (Å²) in [5.74, 6) is 0. The molecule has 2 atom stereocenters. The predicted octanol–water partition coefficient (Wildman–Crippen LogP) is 3.34. The number of aromatic amines is 1. The van der Waals surface area contributed by atoms with Gasteiger partial charge >= 0.3 is 6.03 Å². The molecular weight excluding hydrogens is 338 g/mol. The van der Waals surface area contributed by atoms with Crippen molar-refractivity contribution in [1.82, 2.24) is 20.1 Å². The molecule has 7 nitrogen and oxygen atoms in total. The van der Waals surface area contributed by atoms with Gasteiger partial charge < -0.3 is 15.0 Å². The van der Waals surface area contributed by atoms with Crippen LogP contribution >= 0.6 is 11.3 Å². The van der Waals surface area contributed by atoms with Crippen molar-refractivity contribution in [3.63, 3.8) is 0 Å². The molecule has 0 aromatic carbocycles. The topological polar surface area (TPSA) is 83.1 Å². The normalized spacial score (nSPS) is 23.8. The third kappa shape index (κ3) is 2.64. The first-order valence-electron chi connectivity index (χ1n) is 8.74. The Kier molecular flexibility index (Phi) is 4.24. The van der Waals surface area contributed by atoms with Crippen LogP contribution in [0, 0.1) is 5.41 Å². The Morgan fingerprint density at radius 3 is 3.04 bits per heavy atom. The lowest BCUT2D eigenvalue weighted by molar-refractivity contribution is -0.191. The summed E-state index contributed by atoms with van der Waals surface area (Å²) in [6.45, 7) is 2.77. The fourth-order valence-corrected chi connectivity index (χ4v) is 4.83. The molecule has 4 rings (SSSR count). The minimum Gasteiger partial charge on any atom is -0.378 e. The Bertz CT molecular complexity index is 740. The number of nitrogens with zero attached hydrogens (tertiary/aromatic N) is 3. The second kappa shape index (κ2) is 6.42. The van der Waals surface area contributed by atoms with Crippen LogP contribution in [-0.2, 0) is 4.74 Å². The lowest BCUT2D eigenvalue weighted by atomic mass is 9.50. The zero-order valence-corrected chi connectivity index (χ0v) is 15.3. The van der Waals surface area contributed by atoms with Gasteiger partial charge in [0.1, 0.15) is 10.7 Å². The molecule has 1 spiro atoms. The molecule has 2 aromatic rings. The van der Waals surface area contributed by atoms with Crippen LogP contribution in [0.1, 0.15) is 32.6 Å². The molecular formula is C17H23N5O2S. The molecule has 0 radical (unpaired) electrons. The number of hydrogen-bond acceptors (Lipinski definition) is 5. The third-order valence-electron chi connectivity index (χ3n) is 5.71. The van der Waals surface area contributed by atoms with Crippen LogP contribution in [0.4, 0.5) is 10.5 Å². The Labute approximate surface area is 150 Å². The molecule has 2 aliphatic rings. The first kappa shape index (κ1) is 16.5. The largest absolute Gasteiger partial charge is 0.378 e. The van der Waals surface area contributed by atoms with E-state index in [9.17, 15) is 4.79 Å². The predicted molar refractivity (Wildman–Crippen MR) is 96.6 cm³/mol. The number of carbonyl (C=O) groups excluding carboxylic acids is 1. The lowest BCUT2D eigenvalue weighted by Crippen LogP contribution is -2.68. The van der Waals surface area contributed by atoms with Crippen molar-refractivity contribution in [2.24, 2.45) is 5.41 Å². The molecule has 2 amide bonds. The summed E-state index contributed by atoms with van der Waals surface area (Å²) in [4.78, 5) is 18.9. The number of anilines is 1. The molecule has 0 saturated heterocycles. The number of thiazole rings is 1. The monoisotopic (exact) mass is 361 g/mol. The van der Waals surface area contributed by atoms with Crippen LogP contribution in [0.2, 0.25) is 0 Å². The van der Waals surface area contributed by atoms with Crippen molar-refractivity contribution in [2.75, 3.05) is 19.0 Å². The summed E-state index contributed by atoms with van der Waals surface area (Å²) < 4.78 is 5.89. The van der Waals surface area contributed by atoms with Crippen molar-refractivity contribution in [3.8, 4) is 10.7 Å². The Hall–Kier alpha value is -1.93. The highest BCUT2D eigenvalue weighted by Gasteiger charge is 2.60. The number of amides is 2. The maximum Gasteiger partial charge on any atom is 0.321 e. The molecule has 0 aliphatic heterocycles. The Morgan fingerprint density at radius 2 is 2.40 bits per heavy atom. The van der Waals surface area contributed by atoms with Crippen LogP contribution in [0.5, 0.6) is 0 Å². The van der Waals surface area contributed by atoms with Crippen molar-refractivity contribution < 1.29 is 9.53 Å². The van der Waals surface area contributed by atoms with Crippen molar-refractivity contribution in [1.29, 1.82) is 0 Å². The van der Waals surface area contributed by atoms with Crippen LogP contribution < -0.4 is 5.32 Å². The Morgan fingerprint density at radius 1 is 1.56 bits per heavy atom. The van der Waals surface area contributed by atoms with Crippen LogP contribution in [-0.4, -0.2) is 51.9 Å². The van der Waals surface area contributed by atoms with E-state index in [0.29, 0.717) is 11.8 Å². The van der Waals surface area contributed by atoms with Gasteiger partial charge in [-0.2, -0.15) is 5.10 Å². The van der Waals surface area contributed by atoms with E-state index in [0.717, 1.165) is 36.6 Å². The van der Waals surface area contributed by atoms with Gasteiger partial charge in [-0.1, -0.05) is 6.42 Å². The van der Waals surface area contributed by atoms with Gasteiger partial charge in [0, 0.05) is 36.7 Å². The second-order valence-corrected chi connectivity index (χ2v) is 7.71. The lowest BCUT2D eigenvalue weighted by Gasteiger charge is -2.63. The van der Waals surface area contributed by atoms with Gasteiger partial charge in [-0.05, 0) is 26.2 Å². The summed E-state index contributed by atoms with van der Waals surface area (Å²) in [7, 11) is 1.88. The van der Waals surface area contributed by atoms with Crippen LogP contribution in [0.25, 0.3) is 10.7 Å². The number of H-pyrrole nitrogens is 1. The highest BCUT2D eigenvalue weighted by Crippen LogP contribution is 2.58. The molecule has 25 heavy (non-hydrogen) atoms. The number of carbonyl (C=O) groups is 1. The zero-order valence-electron chi connectivity index (χ0n) is 14.5. The number of hydrogen-bond donors (Lipinski definition) is 2. The fourth-order valence-electron chi connectivity index (χ4n) is 4.18. The summed E-state index contributed by atoms with van der Waals surface area (Å²) in [5, 5.41) is 12.7. The molecule has 2 N–H and O–H groups in total. The average Bonchev–Trinajstić information content (AvgIpc) is 3.19. The summed E-state index contributed by atoms with van der Waals surface area (Å²) in [6.07, 6.45) is 8.11. The maximum absolute atomic E-state index is 12.8. The van der Waals surface area contributed by atoms with Gasteiger partial charge in [-0.25, -0.2) is 9.78 Å². The van der Waals surface area contributed by atoms with Gasteiger partial charge in [0.15, 0.2) is 0 Å². The molecule has 8 heteroatoms. The van der Waals surface area contributed by atoms with Gasteiger partial charge in [0.25, 0.3) is 0 Å².